The SMILES string of the molecule is CC/C=C\C/C=C\C/C=C\C/C=C\CCCCCCCCCCCCCCCCCCC(=O)OCC(COC(=O)CCCCCCCCCCC)OC(=O)CCCCCCCCCCCCCC/C=C\C/C=C\C/C=C\CCCCCCC. The molecule has 480 valence electrons. The average Bonchev–Trinajstić information content (AvgIpc) is 3.49. The molecule has 0 N–H and O–H groups in total. The van der Waals surface area contributed by atoms with E-state index in [0.717, 1.165) is 96.3 Å². The number of hydrogen-bond acceptors (Lipinski definition) is 6. The fourth-order valence-electron chi connectivity index (χ4n) is 10.5. The lowest BCUT2D eigenvalue weighted by atomic mass is 10.0. The van der Waals surface area contributed by atoms with Gasteiger partial charge in [-0.15, -0.1) is 0 Å². The molecule has 0 fully saturated rings. The second kappa shape index (κ2) is 71.1. The molecule has 0 aromatic heterocycles. The number of carbonyl (C=O) groups excluding carboxylic acids is 3. The van der Waals surface area contributed by atoms with Crippen molar-refractivity contribution in [2.24, 2.45) is 0 Å². The van der Waals surface area contributed by atoms with Gasteiger partial charge < -0.3 is 14.2 Å². The molecule has 0 aliphatic rings. The minimum atomic E-state index is -0.775. The predicted octanol–water partition coefficient (Wildman–Crippen LogP) is 25.0. The van der Waals surface area contributed by atoms with Crippen LogP contribution in [-0.4, -0.2) is 37.2 Å². The average molecular weight is 1160 g/mol. The number of esters is 3. The van der Waals surface area contributed by atoms with Gasteiger partial charge in [0.2, 0.25) is 0 Å². The molecule has 0 saturated carbocycles. The molecule has 0 saturated heterocycles. The van der Waals surface area contributed by atoms with Crippen molar-refractivity contribution in [1.29, 1.82) is 0 Å². The molecule has 1 atom stereocenters. The Labute approximate surface area is 515 Å². The van der Waals surface area contributed by atoms with E-state index in [1.807, 2.05) is 0 Å². The topological polar surface area (TPSA) is 78.9 Å². The Hall–Kier alpha value is -3.41. The van der Waals surface area contributed by atoms with Crippen LogP contribution in [0.1, 0.15) is 367 Å². The summed E-state index contributed by atoms with van der Waals surface area (Å²) >= 11 is 0. The largest absolute Gasteiger partial charge is 0.462 e. The molecule has 0 aliphatic heterocycles. The van der Waals surface area contributed by atoms with E-state index < -0.39 is 6.10 Å². The first kappa shape index (κ1) is 79.6. The van der Waals surface area contributed by atoms with Gasteiger partial charge in [-0.25, -0.2) is 0 Å². The van der Waals surface area contributed by atoms with Crippen LogP contribution < -0.4 is 0 Å². The fraction of sp³-hybridized carbons (Fsp3) is 0.779. The summed E-state index contributed by atoms with van der Waals surface area (Å²) in [6.07, 6.45) is 94.9. The maximum atomic E-state index is 12.9. The summed E-state index contributed by atoms with van der Waals surface area (Å²) in [6.45, 7) is 6.54. The Morgan fingerprint density at radius 2 is 0.470 bits per heavy atom. The molecule has 0 amide bonds. The molecule has 0 spiro atoms. The number of carbonyl (C=O) groups is 3. The van der Waals surface area contributed by atoms with Crippen LogP contribution in [-0.2, 0) is 28.6 Å². The molecule has 6 heteroatoms. The quantitative estimate of drug-likeness (QED) is 0.0261. The molecular formula is C77H136O6. The zero-order valence-corrected chi connectivity index (χ0v) is 55.2. The normalized spacial score (nSPS) is 12.6. The number of hydrogen-bond donors (Lipinski definition) is 0. The van der Waals surface area contributed by atoms with Gasteiger partial charge in [-0.05, 0) is 96.3 Å². The van der Waals surface area contributed by atoms with E-state index in [-0.39, 0.29) is 31.1 Å². The van der Waals surface area contributed by atoms with Crippen LogP contribution in [0.3, 0.4) is 0 Å². The van der Waals surface area contributed by atoms with Crippen molar-refractivity contribution >= 4 is 17.9 Å². The van der Waals surface area contributed by atoms with Crippen LogP contribution >= 0.6 is 0 Å². The number of unbranched alkanes of at least 4 members (excludes halogenated alkanes) is 41. The summed E-state index contributed by atoms with van der Waals surface area (Å²) in [5, 5.41) is 0. The van der Waals surface area contributed by atoms with Gasteiger partial charge in [-0.3, -0.25) is 14.4 Å². The maximum Gasteiger partial charge on any atom is 0.306 e. The number of rotatable bonds is 66. The number of allylic oxidation sites excluding steroid dienone is 14. The summed E-state index contributed by atoms with van der Waals surface area (Å²) in [5.74, 6) is -0.857. The summed E-state index contributed by atoms with van der Waals surface area (Å²) < 4.78 is 16.9. The van der Waals surface area contributed by atoms with E-state index in [9.17, 15) is 14.4 Å². The summed E-state index contributed by atoms with van der Waals surface area (Å²) in [7, 11) is 0. The van der Waals surface area contributed by atoms with Gasteiger partial charge in [0.25, 0.3) is 0 Å². The lowest BCUT2D eigenvalue weighted by Gasteiger charge is -2.18. The second-order valence-corrected chi connectivity index (χ2v) is 24.1. The third kappa shape index (κ3) is 69.3. The molecule has 0 radical (unpaired) electrons. The monoisotopic (exact) mass is 1160 g/mol. The molecule has 0 heterocycles. The summed E-state index contributed by atoms with van der Waals surface area (Å²) in [6, 6.07) is 0. The van der Waals surface area contributed by atoms with Crippen molar-refractivity contribution in [3.63, 3.8) is 0 Å². The van der Waals surface area contributed by atoms with Crippen molar-refractivity contribution < 1.29 is 28.6 Å². The van der Waals surface area contributed by atoms with E-state index >= 15 is 0 Å². The smallest absolute Gasteiger partial charge is 0.306 e. The predicted molar refractivity (Wildman–Crippen MR) is 362 cm³/mol. The molecule has 0 aromatic carbocycles. The van der Waals surface area contributed by atoms with Crippen molar-refractivity contribution in [3.8, 4) is 0 Å². The first-order valence-corrected chi connectivity index (χ1v) is 36.1. The van der Waals surface area contributed by atoms with Gasteiger partial charge in [-0.2, -0.15) is 0 Å². The highest BCUT2D eigenvalue weighted by Crippen LogP contribution is 2.18. The maximum absolute atomic E-state index is 12.9. The number of ether oxygens (including phenoxy) is 3. The van der Waals surface area contributed by atoms with E-state index in [0.29, 0.717) is 19.3 Å². The molecule has 0 bridgehead atoms. The van der Waals surface area contributed by atoms with Crippen molar-refractivity contribution in [3.05, 3.63) is 85.1 Å². The van der Waals surface area contributed by atoms with Gasteiger partial charge in [0, 0.05) is 19.3 Å². The standard InChI is InChI=1S/C77H136O6/c1-4-7-10-13-16-19-21-23-25-27-29-31-33-35-37-38-40-41-43-45-47-49-51-53-55-58-61-64-67-70-76(79)82-73-74(72-81-75(78)69-66-63-60-57-18-15-12-9-6-3)83-77(80)71-68-65-62-59-56-54-52-50-48-46-44-42-39-36-34-32-30-28-26-24-22-20-17-14-11-8-5-2/h7,10,16,19,22-25,28-31,34,36,74H,4-6,8-9,11-15,17-18,20-21,26-27,32-33,35,37-73H2,1-3H3/b10-7-,19-16-,24-22-,25-23-,30-28-,31-29-,36-34-. The van der Waals surface area contributed by atoms with Gasteiger partial charge in [-0.1, -0.05) is 337 Å². The lowest BCUT2D eigenvalue weighted by molar-refractivity contribution is -0.167. The van der Waals surface area contributed by atoms with Gasteiger partial charge >= 0.3 is 17.9 Å². The minimum Gasteiger partial charge on any atom is -0.462 e. The Bertz CT molecular complexity index is 1570. The third-order valence-electron chi connectivity index (χ3n) is 15.9. The molecule has 1 unspecified atom stereocenters. The highest BCUT2D eigenvalue weighted by Gasteiger charge is 2.19. The molecule has 83 heavy (non-hydrogen) atoms. The highest BCUT2D eigenvalue weighted by molar-refractivity contribution is 5.71. The molecule has 0 aliphatic carbocycles. The van der Waals surface area contributed by atoms with Crippen LogP contribution in [0, 0.1) is 0 Å². The van der Waals surface area contributed by atoms with Crippen LogP contribution in [0.25, 0.3) is 0 Å². The van der Waals surface area contributed by atoms with Crippen LogP contribution in [0.4, 0.5) is 0 Å². The van der Waals surface area contributed by atoms with E-state index in [1.165, 1.54) is 231 Å². The highest BCUT2D eigenvalue weighted by atomic mass is 16.6. The molecular weight excluding hydrogens is 1020 g/mol. The zero-order valence-electron chi connectivity index (χ0n) is 55.2. The summed E-state index contributed by atoms with van der Waals surface area (Å²) in [5.41, 5.74) is 0. The summed E-state index contributed by atoms with van der Waals surface area (Å²) in [4.78, 5) is 38.3. The molecule has 0 rings (SSSR count). The van der Waals surface area contributed by atoms with Crippen molar-refractivity contribution in [2.75, 3.05) is 13.2 Å². The Morgan fingerprint density at radius 1 is 0.253 bits per heavy atom. The van der Waals surface area contributed by atoms with E-state index in [2.05, 4.69) is 106 Å². The molecule has 0 aromatic rings. The first-order valence-electron chi connectivity index (χ1n) is 36.1. The molecule has 6 nitrogen and oxygen atoms in total. The fourth-order valence-corrected chi connectivity index (χ4v) is 10.5. The third-order valence-corrected chi connectivity index (χ3v) is 15.9. The second-order valence-electron chi connectivity index (χ2n) is 24.1. The van der Waals surface area contributed by atoms with Crippen LogP contribution in [0.5, 0.6) is 0 Å². The van der Waals surface area contributed by atoms with Crippen LogP contribution in [0.15, 0.2) is 85.1 Å². The Kier molecular flexibility index (Phi) is 68.2. The minimum absolute atomic E-state index is 0.0722. The lowest BCUT2D eigenvalue weighted by Crippen LogP contribution is -2.30. The van der Waals surface area contributed by atoms with Gasteiger partial charge in [0.1, 0.15) is 13.2 Å². The van der Waals surface area contributed by atoms with E-state index in [4.69, 9.17) is 14.2 Å². The van der Waals surface area contributed by atoms with Crippen molar-refractivity contribution in [1.82, 2.24) is 0 Å². The first-order chi connectivity index (χ1) is 41.0. The van der Waals surface area contributed by atoms with E-state index in [1.54, 1.807) is 0 Å². The Morgan fingerprint density at radius 3 is 0.735 bits per heavy atom. The van der Waals surface area contributed by atoms with Gasteiger partial charge in [0.15, 0.2) is 6.10 Å². The van der Waals surface area contributed by atoms with Crippen LogP contribution in [0.2, 0.25) is 0 Å². The zero-order chi connectivity index (χ0) is 59.9. The van der Waals surface area contributed by atoms with Crippen molar-refractivity contribution in [2.45, 2.75) is 374 Å². The van der Waals surface area contributed by atoms with Gasteiger partial charge in [0.05, 0.1) is 0 Å². The Balaban J connectivity index is 4.13.